The first kappa shape index (κ1) is 21.9. The van der Waals surface area contributed by atoms with E-state index in [-0.39, 0.29) is 35.1 Å². The molecule has 9 heteroatoms. The SMILES string of the molecule is Cc1cc(Br)cc(C)c1N1C(=NC(=O)Cc2ccc(Cl)cc2)S[C@H]2CS(=O)(=O)C[C@@H]21. The number of sulfone groups is 1. The van der Waals surface area contributed by atoms with Crippen molar-refractivity contribution < 1.29 is 13.2 Å². The third kappa shape index (κ3) is 4.47. The summed E-state index contributed by atoms with van der Waals surface area (Å²) < 4.78 is 25.5. The fraction of sp³-hybridized carbons (Fsp3) is 0.333. The van der Waals surface area contributed by atoms with E-state index in [9.17, 15) is 13.2 Å². The lowest BCUT2D eigenvalue weighted by Gasteiger charge is -2.28. The molecule has 2 fully saturated rings. The minimum absolute atomic E-state index is 0.0734. The number of fused-ring (bicyclic) bond motifs is 1. The van der Waals surface area contributed by atoms with Gasteiger partial charge in [-0.15, -0.1) is 0 Å². The maximum atomic E-state index is 12.7. The molecule has 5 nitrogen and oxygen atoms in total. The Morgan fingerprint density at radius 3 is 2.47 bits per heavy atom. The Labute approximate surface area is 193 Å². The second-order valence-electron chi connectivity index (χ2n) is 7.65. The lowest BCUT2D eigenvalue weighted by atomic mass is 10.1. The number of benzene rings is 2. The quantitative estimate of drug-likeness (QED) is 0.585. The Morgan fingerprint density at radius 1 is 1.20 bits per heavy atom. The van der Waals surface area contributed by atoms with Crippen molar-refractivity contribution in [2.75, 3.05) is 16.4 Å². The monoisotopic (exact) mass is 526 g/mol. The number of amides is 1. The highest BCUT2D eigenvalue weighted by Crippen LogP contribution is 2.43. The Morgan fingerprint density at radius 2 is 1.83 bits per heavy atom. The van der Waals surface area contributed by atoms with Crippen LogP contribution in [-0.2, 0) is 21.1 Å². The van der Waals surface area contributed by atoms with Gasteiger partial charge in [-0.25, -0.2) is 8.42 Å². The van der Waals surface area contributed by atoms with Crippen molar-refractivity contribution in [3.05, 3.63) is 62.6 Å². The van der Waals surface area contributed by atoms with Gasteiger partial charge in [0.25, 0.3) is 5.91 Å². The highest BCUT2D eigenvalue weighted by Gasteiger charge is 2.50. The summed E-state index contributed by atoms with van der Waals surface area (Å²) in [6.07, 6.45) is 0.168. The Balaban J connectivity index is 1.70. The van der Waals surface area contributed by atoms with Crippen molar-refractivity contribution >= 4 is 65.9 Å². The molecule has 158 valence electrons. The molecular formula is C21H20BrClN2O3S2. The van der Waals surface area contributed by atoms with Crippen molar-refractivity contribution in [2.45, 2.75) is 31.6 Å². The van der Waals surface area contributed by atoms with E-state index in [1.807, 2.05) is 43.0 Å². The molecule has 0 unspecified atom stereocenters. The standard InChI is InChI=1S/C21H20BrClN2O3S2/c1-12-7-15(22)8-13(2)20(12)25-17-10-30(27,28)11-18(17)29-21(25)24-19(26)9-14-3-5-16(23)6-4-14/h3-8,17-18H,9-11H2,1-2H3/t17-,18-/m0/s1. The van der Waals surface area contributed by atoms with Crippen LogP contribution in [0.2, 0.25) is 5.02 Å². The lowest BCUT2D eigenvalue weighted by Crippen LogP contribution is -2.38. The summed E-state index contributed by atoms with van der Waals surface area (Å²) >= 11 is 10.8. The number of thioether (sulfide) groups is 1. The minimum Gasteiger partial charge on any atom is -0.315 e. The fourth-order valence-electron chi connectivity index (χ4n) is 4.03. The minimum atomic E-state index is -3.11. The Kier molecular flexibility index (Phi) is 6.05. The molecule has 0 N–H and O–H groups in total. The molecule has 0 spiro atoms. The fourth-order valence-corrected chi connectivity index (χ4v) is 8.76. The van der Waals surface area contributed by atoms with Crippen LogP contribution in [0.25, 0.3) is 0 Å². The highest BCUT2D eigenvalue weighted by molar-refractivity contribution is 9.10. The number of anilines is 1. The predicted octanol–water partition coefficient (Wildman–Crippen LogP) is 4.56. The van der Waals surface area contributed by atoms with Gasteiger partial charge in [0.1, 0.15) is 0 Å². The van der Waals surface area contributed by atoms with Crippen molar-refractivity contribution in [2.24, 2.45) is 4.99 Å². The summed E-state index contributed by atoms with van der Waals surface area (Å²) in [5.74, 6) is -0.0814. The van der Waals surface area contributed by atoms with Gasteiger partial charge in [0, 0.05) is 20.4 Å². The molecule has 2 heterocycles. The molecule has 0 radical (unpaired) electrons. The predicted molar refractivity (Wildman–Crippen MR) is 128 cm³/mol. The van der Waals surface area contributed by atoms with Crippen LogP contribution < -0.4 is 4.90 Å². The number of amidine groups is 1. The van der Waals surface area contributed by atoms with Crippen LogP contribution >= 0.6 is 39.3 Å². The van der Waals surface area contributed by atoms with Crippen LogP contribution in [0.1, 0.15) is 16.7 Å². The Hall–Kier alpha value is -1.35. The van der Waals surface area contributed by atoms with Gasteiger partial charge >= 0.3 is 0 Å². The van der Waals surface area contributed by atoms with E-state index in [1.165, 1.54) is 11.8 Å². The lowest BCUT2D eigenvalue weighted by molar-refractivity contribution is -0.117. The van der Waals surface area contributed by atoms with E-state index in [0.717, 1.165) is 26.9 Å². The molecule has 2 aliphatic rings. The van der Waals surface area contributed by atoms with Crippen molar-refractivity contribution in [3.8, 4) is 0 Å². The number of hydrogen-bond donors (Lipinski definition) is 0. The molecule has 0 saturated carbocycles. The zero-order valence-electron chi connectivity index (χ0n) is 16.4. The van der Waals surface area contributed by atoms with Crippen LogP contribution in [0.4, 0.5) is 5.69 Å². The van der Waals surface area contributed by atoms with Crippen LogP contribution in [0.5, 0.6) is 0 Å². The summed E-state index contributed by atoms with van der Waals surface area (Å²) in [5.41, 5.74) is 3.77. The Bertz CT molecular complexity index is 1130. The van der Waals surface area contributed by atoms with Crippen LogP contribution in [0, 0.1) is 13.8 Å². The van der Waals surface area contributed by atoms with Crippen LogP contribution in [0.3, 0.4) is 0 Å². The van der Waals surface area contributed by atoms with E-state index < -0.39 is 9.84 Å². The molecule has 2 aromatic rings. The number of carbonyl (C=O) groups is 1. The first-order chi connectivity index (χ1) is 14.1. The van der Waals surface area contributed by atoms with E-state index in [4.69, 9.17) is 11.6 Å². The first-order valence-electron chi connectivity index (χ1n) is 9.42. The van der Waals surface area contributed by atoms with Gasteiger partial charge in [0.2, 0.25) is 0 Å². The first-order valence-corrected chi connectivity index (χ1v) is 13.3. The van der Waals surface area contributed by atoms with Crippen LogP contribution in [-0.4, -0.2) is 42.3 Å². The van der Waals surface area contributed by atoms with E-state index in [2.05, 4.69) is 20.9 Å². The topological polar surface area (TPSA) is 66.8 Å². The normalized spacial score (nSPS) is 23.7. The van der Waals surface area contributed by atoms with E-state index in [1.54, 1.807) is 12.1 Å². The molecule has 0 aliphatic carbocycles. The molecule has 0 bridgehead atoms. The van der Waals surface area contributed by atoms with Gasteiger partial charge in [-0.2, -0.15) is 4.99 Å². The zero-order chi connectivity index (χ0) is 21.6. The number of aliphatic imine (C=N–C) groups is 1. The van der Waals surface area contributed by atoms with Gasteiger partial charge < -0.3 is 4.90 Å². The average molecular weight is 528 g/mol. The van der Waals surface area contributed by atoms with Gasteiger partial charge in [0.05, 0.1) is 24.0 Å². The number of nitrogens with zero attached hydrogens (tertiary/aromatic N) is 2. The van der Waals surface area contributed by atoms with Gasteiger partial charge in [-0.05, 0) is 54.8 Å². The number of hydrogen-bond acceptors (Lipinski definition) is 4. The second kappa shape index (κ2) is 8.30. The largest absolute Gasteiger partial charge is 0.315 e. The summed E-state index contributed by atoms with van der Waals surface area (Å²) in [6, 6.07) is 10.9. The van der Waals surface area contributed by atoms with E-state index in [0.29, 0.717) is 10.2 Å². The number of carbonyl (C=O) groups excluding carboxylic acids is 1. The zero-order valence-corrected chi connectivity index (χ0v) is 20.4. The van der Waals surface area contributed by atoms with Gasteiger partial charge in [0.15, 0.2) is 15.0 Å². The second-order valence-corrected chi connectivity index (χ2v) is 12.4. The third-order valence-corrected chi connectivity index (χ3v) is 9.17. The van der Waals surface area contributed by atoms with Gasteiger partial charge in [-0.3, -0.25) is 4.79 Å². The van der Waals surface area contributed by atoms with E-state index >= 15 is 0 Å². The van der Waals surface area contributed by atoms with Crippen molar-refractivity contribution in [3.63, 3.8) is 0 Å². The molecular weight excluding hydrogens is 508 g/mol. The smallest absolute Gasteiger partial charge is 0.252 e. The van der Waals surface area contributed by atoms with Crippen molar-refractivity contribution in [1.29, 1.82) is 0 Å². The molecule has 4 rings (SSSR count). The molecule has 0 aromatic heterocycles. The number of aryl methyl sites for hydroxylation is 2. The maximum absolute atomic E-state index is 12.7. The summed E-state index contributed by atoms with van der Waals surface area (Å²) in [7, 11) is -3.11. The molecule has 1 amide bonds. The van der Waals surface area contributed by atoms with Crippen LogP contribution in [0.15, 0.2) is 45.9 Å². The molecule has 2 aliphatic heterocycles. The molecule has 2 saturated heterocycles. The summed E-state index contributed by atoms with van der Waals surface area (Å²) in [5, 5.41) is 1.07. The van der Waals surface area contributed by atoms with Crippen molar-refractivity contribution in [1.82, 2.24) is 0 Å². The maximum Gasteiger partial charge on any atom is 0.252 e. The highest BCUT2D eigenvalue weighted by atomic mass is 79.9. The summed E-state index contributed by atoms with van der Waals surface area (Å²) in [6.45, 7) is 3.98. The van der Waals surface area contributed by atoms with Gasteiger partial charge in [-0.1, -0.05) is 51.4 Å². The number of rotatable bonds is 3. The number of halogens is 2. The molecule has 2 atom stereocenters. The average Bonchev–Trinajstić information content (AvgIpc) is 3.08. The molecule has 2 aromatic carbocycles. The third-order valence-electron chi connectivity index (χ3n) is 5.25. The molecule has 30 heavy (non-hydrogen) atoms. The summed E-state index contributed by atoms with van der Waals surface area (Å²) in [4.78, 5) is 19.1.